The van der Waals surface area contributed by atoms with E-state index >= 15 is 0 Å². The van der Waals surface area contributed by atoms with E-state index < -0.39 is 5.82 Å². The second-order valence-electron chi connectivity index (χ2n) is 5.41. The third kappa shape index (κ3) is 5.19. The second kappa shape index (κ2) is 8.48. The van der Waals surface area contributed by atoms with Gasteiger partial charge in [-0.2, -0.15) is 0 Å². The molecule has 5 nitrogen and oxygen atoms in total. The van der Waals surface area contributed by atoms with Crippen LogP contribution in [0.2, 0.25) is 5.02 Å². The van der Waals surface area contributed by atoms with Gasteiger partial charge in [-0.3, -0.25) is 9.59 Å². The molecule has 2 aromatic rings. The monoisotopic (exact) mass is 363 g/mol. The minimum absolute atomic E-state index is 0.00700. The normalized spacial score (nSPS) is 10.2. The lowest BCUT2D eigenvalue weighted by molar-refractivity contribution is -0.116. The minimum Gasteiger partial charge on any atom is -0.376 e. The topological polar surface area (TPSA) is 70.2 Å². The molecule has 0 radical (unpaired) electrons. The Bertz CT molecular complexity index is 796. The maximum Gasteiger partial charge on any atom is 0.243 e. The summed E-state index contributed by atoms with van der Waals surface area (Å²) in [6.45, 7) is 3.57. The number of halogens is 2. The largest absolute Gasteiger partial charge is 0.376 e. The lowest BCUT2D eigenvalue weighted by atomic mass is 10.1. The summed E-state index contributed by atoms with van der Waals surface area (Å²) in [7, 11) is 0. The fraction of sp³-hybridized carbons (Fsp3) is 0.222. The SMILES string of the molecule is CCC(=O)Nc1cccc(NC(=O)CNc2ccc(F)c(Cl)c2)c1C. The molecule has 0 spiro atoms. The van der Waals surface area contributed by atoms with Crippen LogP contribution in [0.3, 0.4) is 0 Å². The van der Waals surface area contributed by atoms with Gasteiger partial charge < -0.3 is 16.0 Å². The number of nitrogens with one attached hydrogen (secondary N) is 3. The van der Waals surface area contributed by atoms with Crippen LogP contribution in [0.5, 0.6) is 0 Å². The molecule has 132 valence electrons. The van der Waals surface area contributed by atoms with Gasteiger partial charge in [-0.1, -0.05) is 24.6 Å². The molecule has 0 bridgehead atoms. The van der Waals surface area contributed by atoms with Crippen molar-refractivity contribution >= 4 is 40.5 Å². The lowest BCUT2D eigenvalue weighted by Crippen LogP contribution is -2.22. The van der Waals surface area contributed by atoms with Gasteiger partial charge in [-0.25, -0.2) is 4.39 Å². The number of hydrogen-bond acceptors (Lipinski definition) is 3. The van der Waals surface area contributed by atoms with Crippen LogP contribution in [-0.4, -0.2) is 18.4 Å². The summed E-state index contributed by atoms with van der Waals surface area (Å²) >= 11 is 5.70. The molecule has 7 heteroatoms. The Balaban J connectivity index is 1.99. The van der Waals surface area contributed by atoms with E-state index in [0.717, 1.165) is 5.56 Å². The highest BCUT2D eigenvalue weighted by atomic mass is 35.5. The Hall–Kier alpha value is -2.60. The molecule has 2 aromatic carbocycles. The Labute approximate surface area is 150 Å². The summed E-state index contributed by atoms with van der Waals surface area (Å²) in [6, 6.07) is 9.42. The van der Waals surface area contributed by atoms with Gasteiger partial charge in [0.15, 0.2) is 0 Å². The van der Waals surface area contributed by atoms with Crippen LogP contribution in [0.1, 0.15) is 18.9 Å². The highest BCUT2D eigenvalue weighted by Crippen LogP contribution is 2.23. The number of rotatable bonds is 6. The van der Waals surface area contributed by atoms with Gasteiger partial charge in [0, 0.05) is 23.5 Å². The Morgan fingerprint density at radius 3 is 2.32 bits per heavy atom. The lowest BCUT2D eigenvalue weighted by Gasteiger charge is -2.14. The molecule has 0 aliphatic heterocycles. The van der Waals surface area contributed by atoms with E-state index in [1.807, 2.05) is 6.92 Å². The van der Waals surface area contributed by atoms with Crippen LogP contribution in [-0.2, 0) is 9.59 Å². The number of anilines is 3. The fourth-order valence-electron chi connectivity index (χ4n) is 2.13. The predicted octanol–water partition coefficient (Wildman–Crippen LogP) is 4.19. The highest BCUT2D eigenvalue weighted by molar-refractivity contribution is 6.31. The molecule has 2 rings (SSSR count). The minimum atomic E-state index is -0.516. The van der Waals surface area contributed by atoms with Crippen molar-refractivity contribution in [2.75, 3.05) is 22.5 Å². The van der Waals surface area contributed by atoms with E-state index in [9.17, 15) is 14.0 Å². The van der Waals surface area contributed by atoms with Gasteiger partial charge in [0.2, 0.25) is 11.8 Å². The Morgan fingerprint density at radius 2 is 1.72 bits per heavy atom. The van der Waals surface area contributed by atoms with Crippen LogP contribution < -0.4 is 16.0 Å². The maximum absolute atomic E-state index is 13.1. The van der Waals surface area contributed by atoms with E-state index in [0.29, 0.717) is 23.5 Å². The molecule has 3 N–H and O–H groups in total. The van der Waals surface area contributed by atoms with Crippen LogP contribution in [0, 0.1) is 12.7 Å². The van der Waals surface area contributed by atoms with Crippen LogP contribution in [0.25, 0.3) is 0 Å². The molecule has 0 aliphatic carbocycles. The molecule has 0 atom stereocenters. The highest BCUT2D eigenvalue weighted by Gasteiger charge is 2.09. The van der Waals surface area contributed by atoms with Crippen molar-refractivity contribution in [1.82, 2.24) is 0 Å². The molecule has 0 aliphatic rings. The van der Waals surface area contributed by atoms with Crippen molar-refractivity contribution in [3.63, 3.8) is 0 Å². The summed E-state index contributed by atoms with van der Waals surface area (Å²) in [4.78, 5) is 23.6. The molecular formula is C18H19ClFN3O2. The molecule has 0 fully saturated rings. The number of hydrogen-bond donors (Lipinski definition) is 3. The molecule has 0 saturated carbocycles. The summed E-state index contributed by atoms with van der Waals surface area (Å²) < 4.78 is 13.1. The van der Waals surface area contributed by atoms with E-state index in [-0.39, 0.29) is 23.4 Å². The first kappa shape index (κ1) is 18.7. The first-order valence-corrected chi connectivity index (χ1v) is 8.16. The Morgan fingerprint density at radius 1 is 1.08 bits per heavy atom. The van der Waals surface area contributed by atoms with Crippen molar-refractivity contribution in [2.45, 2.75) is 20.3 Å². The zero-order chi connectivity index (χ0) is 18.4. The molecule has 2 amide bonds. The second-order valence-corrected chi connectivity index (χ2v) is 5.82. The Kier molecular flexibility index (Phi) is 6.36. The number of carbonyl (C=O) groups is 2. The fourth-order valence-corrected chi connectivity index (χ4v) is 2.31. The zero-order valence-corrected chi connectivity index (χ0v) is 14.7. The quantitative estimate of drug-likeness (QED) is 0.720. The number of benzene rings is 2. The van der Waals surface area contributed by atoms with Crippen molar-refractivity contribution in [1.29, 1.82) is 0 Å². The van der Waals surface area contributed by atoms with Gasteiger partial charge in [0.1, 0.15) is 5.82 Å². The number of carbonyl (C=O) groups excluding carboxylic acids is 2. The van der Waals surface area contributed by atoms with Crippen molar-refractivity contribution in [3.8, 4) is 0 Å². The average Bonchev–Trinajstić information content (AvgIpc) is 2.59. The van der Waals surface area contributed by atoms with Crippen LogP contribution in [0.4, 0.5) is 21.5 Å². The molecular weight excluding hydrogens is 345 g/mol. The van der Waals surface area contributed by atoms with E-state index in [2.05, 4.69) is 16.0 Å². The predicted molar refractivity (Wildman–Crippen MR) is 98.6 cm³/mol. The molecule has 0 unspecified atom stereocenters. The van der Waals surface area contributed by atoms with Crippen LogP contribution in [0.15, 0.2) is 36.4 Å². The van der Waals surface area contributed by atoms with Crippen molar-refractivity contribution in [2.24, 2.45) is 0 Å². The summed E-state index contributed by atoms with van der Waals surface area (Å²) in [5, 5.41) is 8.43. The number of amides is 2. The van der Waals surface area contributed by atoms with Gasteiger partial charge in [0.05, 0.1) is 11.6 Å². The summed E-state index contributed by atoms with van der Waals surface area (Å²) in [5.74, 6) is -0.887. The zero-order valence-electron chi connectivity index (χ0n) is 14.0. The van der Waals surface area contributed by atoms with Crippen molar-refractivity contribution < 1.29 is 14.0 Å². The summed E-state index contributed by atoms with van der Waals surface area (Å²) in [6.07, 6.45) is 0.375. The molecule has 0 saturated heterocycles. The van der Waals surface area contributed by atoms with E-state index in [4.69, 9.17) is 11.6 Å². The van der Waals surface area contributed by atoms with Gasteiger partial charge in [-0.15, -0.1) is 0 Å². The molecule has 0 aromatic heterocycles. The third-order valence-electron chi connectivity index (χ3n) is 3.58. The molecule has 25 heavy (non-hydrogen) atoms. The first-order chi connectivity index (χ1) is 11.9. The average molecular weight is 364 g/mol. The molecule has 0 heterocycles. The van der Waals surface area contributed by atoms with Gasteiger partial charge >= 0.3 is 0 Å². The van der Waals surface area contributed by atoms with Gasteiger partial charge in [0.25, 0.3) is 0 Å². The summed E-state index contributed by atoms with van der Waals surface area (Å²) in [5.41, 5.74) is 2.57. The van der Waals surface area contributed by atoms with Crippen LogP contribution >= 0.6 is 11.6 Å². The third-order valence-corrected chi connectivity index (χ3v) is 3.87. The first-order valence-electron chi connectivity index (χ1n) is 7.79. The van der Waals surface area contributed by atoms with Crippen molar-refractivity contribution in [3.05, 3.63) is 52.8 Å². The van der Waals surface area contributed by atoms with Gasteiger partial charge in [-0.05, 0) is 42.8 Å². The van der Waals surface area contributed by atoms with E-state index in [1.54, 1.807) is 25.1 Å². The maximum atomic E-state index is 13.1. The smallest absolute Gasteiger partial charge is 0.243 e. The van der Waals surface area contributed by atoms with E-state index in [1.165, 1.54) is 18.2 Å². The standard InChI is InChI=1S/C18H19ClFN3O2/c1-3-17(24)22-15-5-4-6-16(11(15)2)23-18(25)10-21-12-7-8-14(20)13(19)9-12/h4-9,21H,3,10H2,1-2H3,(H,22,24)(H,23,25).